The van der Waals surface area contributed by atoms with Crippen LogP contribution in [0, 0.1) is 0 Å². The van der Waals surface area contributed by atoms with Crippen molar-refractivity contribution in [3.05, 3.63) is 59.7 Å². The SMILES string of the molecule is COc1cccc([C@@H](C(=O)NC(C)(C)C)N(CCC2=CCCCC2)C(=O)Cn2nnc3ccccc32)c1OC. The number of methoxy groups -OCH3 is 2. The van der Waals surface area contributed by atoms with Crippen LogP contribution in [-0.4, -0.2) is 58.0 Å². The van der Waals surface area contributed by atoms with Gasteiger partial charge in [0.1, 0.15) is 18.1 Å². The van der Waals surface area contributed by atoms with Crippen molar-refractivity contribution in [2.45, 2.75) is 71.0 Å². The topological polar surface area (TPSA) is 98.6 Å². The second-order valence-corrected chi connectivity index (χ2v) is 10.9. The Labute approximate surface area is 230 Å². The Balaban J connectivity index is 1.78. The number of benzene rings is 2. The number of fused-ring (bicyclic) bond motifs is 1. The summed E-state index contributed by atoms with van der Waals surface area (Å²) in [6, 6.07) is 12.0. The van der Waals surface area contributed by atoms with Crippen molar-refractivity contribution in [2.75, 3.05) is 20.8 Å². The average Bonchev–Trinajstić information content (AvgIpc) is 3.32. The molecule has 2 aromatic carbocycles. The molecule has 0 aliphatic heterocycles. The maximum absolute atomic E-state index is 14.1. The zero-order valence-corrected chi connectivity index (χ0v) is 23.6. The third-order valence-electron chi connectivity index (χ3n) is 6.87. The van der Waals surface area contributed by atoms with E-state index in [1.54, 1.807) is 29.9 Å². The van der Waals surface area contributed by atoms with Gasteiger partial charge in [0.25, 0.3) is 0 Å². The molecule has 0 spiro atoms. The quantitative estimate of drug-likeness (QED) is 0.375. The van der Waals surface area contributed by atoms with Crippen molar-refractivity contribution < 1.29 is 19.1 Å². The third-order valence-corrected chi connectivity index (χ3v) is 6.87. The highest BCUT2D eigenvalue weighted by atomic mass is 16.5. The molecule has 0 bridgehead atoms. The first-order chi connectivity index (χ1) is 18.7. The van der Waals surface area contributed by atoms with E-state index in [1.807, 2.05) is 57.2 Å². The fourth-order valence-electron chi connectivity index (χ4n) is 5.06. The van der Waals surface area contributed by atoms with Crippen LogP contribution in [0.4, 0.5) is 0 Å². The summed E-state index contributed by atoms with van der Waals surface area (Å²) in [5.74, 6) is 0.396. The molecule has 0 saturated heterocycles. The molecule has 9 nitrogen and oxygen atoms in total. The van der Waals surface area contributed by atoms with E-state index in [-0.39, 0.29) is 18.4 Å². The number of nitrogens with zero attached hydrogens (tertiary/aromatic N) is 4. The minimum Gasteiger partial charge on any atom is -0.493 e. The van der Waals surface area contributed by atoms with Gasteiger partial charge in [-0.2, -0.15) is 0 Å². The minimum atomic E-state index is -0.944. The summed E-state index contributed by atoms with van der Waals surface area (Å²) < 4.78 is 12.9. The molecule has 1 atom stereocenters. The maximum atomic E-state index is 14.1. The lowest BCUT2D eigenvalue weighted by atomic mass is 9.95. The van der Waals surface area contributed by atoms with Crippen molar-refractivity contribution in [1.82, 2.24) is 25.2 Å². The highest BCUT2D eigenvalue weighted by Crippen LogP contribution is 2.38. The number of carbonyl (C=O) groups excluding carboxylic acids is 2. The predicted molar refractivity (Wildman–Crippen MR) is 151 cm³/mol. The van der Waals surface area contributed by atoms with Crippen LogP contribution in [0.2, 0.25) is 0 Å². The lowest BCUT2D eigenvalue weighted by Crippen LogP contribution is -2.50. The van der Waals surface area contributed by atoms with Gasteiger partial charge in [0.15, 0.2) is 11.5 Å². The van der Waals surface area contributed by atoms with Gasteiger partial charge in [0.2, 0.25) is 11.8 Å². The molecule has 9 heteroatoms. The molecule has 0 saturated carbocycles. The number of hydrogen-bond donors (Lipinski definition) is 1. The Kier molecular flexibility index (Phi) is 8.89. The number of para-hydroxylation sites is 2. The molecular weight excluding hydrogens is 494 g/mol. The van der Waals surface area contributed by atoms with Gasteiger partial charge in [-0.3, -0.25) is 9.59 Å². The summed E-state index contributed by atoms with van der Waals surface area (Å²) in [5, 5.41) is 11.5. The molecule has 208 valence electrons. The van der Waals surface area contributed by atoms with Crippen LogP contribution in [-0.2, 0) is 16.1 Å². The Morgan fingerprint density at radius 3 is 2.56 bits per heavy atom. The fourth-order valence-corrected chi connectivity index (χ4v) is 5.06. The van der Waals surface area contributed by atoms with Crippen LogP contribution in [0.1, 0.15) is 64.5 Å². The summed E-state index contributed by atoms with van der Waals surface area (Å²) in [5.41, 5.74) is 2.84. The molecule has 1 N–H and O–H groups in total. The molecule has 2 amide bonds. The summed E-state index contributed by atoms with van der Waals surface area (Å²) in [7, 11) is 3.10. The van der Waals surface area contributed by atoms with E-state index >= 15 is 0 Å². The number of aromatic nitrogens is 3. The molecule has 1 aromatic heterocycles. The summed E-state index contributed by atoms with van der Waals surface area (Å²) in [6.45, 7) is 6.09. The zero-order chi connectivity index (χ0) is 28.0. The van der Waals surface area contributed by atoms with E-state index in [4.69, 9.17) is 9.47 Å². The fraction of sp³-hybridized carbons (Fsp3) is 0.467. The van der Waals surface area contributed by atoms with Gasteiger partial charge in [-0.1, -0.05) is 41.1 Å². The van der Waals surface area contributed by atoms with Crippen LogP contribution < -0.4 is 14.8 Å². The van der Waals surface area contributed by atoms with Crippen LogP contribution in [0.3, 0.4) is 0 Å². The number of hydrogen-bond acceptors (Lipinski definition) is 6. The number of amides is 2. The van der Waals surface area contributed by atoms with Crippen molar-refractivity contribution in [1.29, 1.82) is 0 Å². The number of allylic oxidation sites excluding steroid dienone is 1. The number of carbonyl (C=O) groups is 2. The molecule has 4 rings (SSSR count). The number of nitrogens with one attached hydrogen (secondary N) is 1. The van der Waals surface area contributed by atoms with E-state index in [0.29, 0.717) is 35.5 Å². The molecule has 39 heavy (non-hydrogen) atoms. The summed E-state index contributed by atoms with van der Waals surface area (Å²) in [4.78, 5) is 29.8. The van der Waals surface area contributed by atoms with Gasteiger partial charge < -0.3 is 19.7 Å². The Bertz CT molecular complexity index is 1340. The van der Waals surface area contributed by atoms with Gasteiger partial charge in [-0.05, 0) is 71.1 Å². The largest absolute Gasteiger partial charge is 0.493 e. The van der Waals surface area contributed by atoms with E-state index in [0.717, 1.165) is 24.8 Å². The van der Waals surface area contributed by atoms with Crippen LogP contribution in [0.25, 0.3) is 11.0 Å². The summed E-state index contributed by atoms with van der Waals surface area (Å²) >= 11 is 0. The Hall–Kier alpha value is -3.88. The zero-order valence-electron chi connectivity index (χ0n) is 23.6. The molecular formula is C30H39N5O4. The molecule has 3 aromatic rings. The van der Waals surface area contributed by atoms with Crippen molar-refractivity contribution >= 4 is 22.8 Å². The van der Waals surface area contributed by atoms with Gasteiger partial charge >= 0.3 is 0 Å². The second kappa shape index (κ2) is 12.3. The van der Waals surface area contributed by atoms with Crippen LogP contribution in [0.15, 0.2) is 54.1 Å². The second-order valence-electron chi connectivity index (χ2n) is 10.9. The molecule has 0 unspecified atom stereocenters. The van der Waals surface area contributed by atoms with E-state index < -0.39 is 11.6 Å². The van der Waals surface area contributed by atoms with Crippen molar-refractivity contribution in [3.63, 3.8) is 0 Å². The normalized spacial score (nSPS) is 14.4. The molecule has 0 radical (unpaired) electrons. The average molecular weight is 534 g/mol. The van der Waals surface area contributed by atoms with E-state index in [9.17, 15) is 9.59 Å². The monoisotopic (exact) mass is 533 g/mol. The smallest absolute Gasteiger partial charge is 0.247 e. The number of rotatable bonds is 10. The van der Waals surface area contributed by atoms with Crippen LogP contribution in [0.5, 0.6) is 11.5 Å². The molecule has 0 fully saturated rings. The first-order valence-electron chi connectivity index (χ1n) is 13.5. The van der Waals surface area contributed by atoms with E-state index in [2.05, 4.69) is 21.7 Å². The molecule has 1 aliphatic rings. The maximum Gasteiger partial charge on any atom is 0.247 e. The Morgan fingerprint density at radius 1 is 1.08 bits per heavy atom. The highest BCUT2D eigenvalue weighted by Gasteiger charge is 2.36. The third kappa shape index (κ3) is 6.77. The van der Waals surface area contributed by atoms with Gasteiger partial charge in [-0.25, -0.2) is 4.68 Å². The molecule has 1 aliphatic carbocycles. The van der Waals surface area contributed by atoms with Gasteiger partial charge in [-0.15, -0.1) is 5.10 Å². The lowest BCUT2D eigenvalue weighted by Gasteiger charge is -2.35. The number of ether oxygens (including phenoxy) is 2. The van der Waals surface area contributed by atoms with Crippen LogP contribution >= 0.6 is 0 Å². The van der Waals surface area contributed by atoms with Crippen molar-refractivity contribution in [2.24, 2.45) is 0 Å². The lowest BCUT2D eigenvalue weighted by molar-refractivity contribution is -0.142. The predicted octanol–water partition coefficient (Wildman–Crippen LogP) is 4.82. The first-order valence-corrected chi connectivity index (χ1v) is 13.5. The first kappa shape index (κ1) is 28.1. The highest BCUT2D eigenvalue weighted by molar-refractivity contribution is 5.90. The minimum absolute atomic E-state index is 0.0505. The Morgan fingerprint density at radius 2 is 1.87 bits per heavy atom. The van der Waals surface area contributed by atoms with Crippen molar-refractivity contribution in [3.8, 4) is 11.5 Å². The molecule has 1 heterocycles. The van der Waals surface area contributed by atoms with Gasteiger partial charge in [0.05, 0.1) is 19.7 Å². The standard InChI is InChI=1S/C30H39N5O4/c1-30(2,3)31-29(37)27(22-14-11-17-25(38-4)28(22)39-5)34(19-18-21-12-7-6-8-13-21)26(36)20-35-24-16-10-9-15-23(24)32-33-35/h9-12,14-17,27H,6-8,13,18-20H2,1-5H3,(H,31,37)/t27-/m0/s1. The van der Waals surface area contributed by atoms with Gasteiger partial charge in [0, 0.05) is 17.6 Å². The van der Waals surface area contributed by atoms with E-state index in [1.165, 1.54) is 12.0 Å². The summed E-state index contributed by atoms with van der Waals surface area (Å²) in [6.07, 6.45) is 7.34.